The molecule has 25 heavy (non-hydrogen) atoms. The van der Waals surface area contributed by atoms with Crippen LogP contribution in [0.4, 0.5) is 0 Å². The van der Waals surface area contributed by atoms with Crippen LogP contribution in [0.3, 0.4) is 0 Å². The molecular weight excluding hydrogens is 340 g/mol. The quantitative estimate of drug-likeness (QED) is 0.639. The van der Waals surface area contributed by atoms with Gasteiger partial charge in [-0.1, -0.05) is 23.7 Å². The minimum Gasteiger partial charge on any atom is -0.351 e. The average Bonchev–Trinajstić information content (AvgIpc) is 3.13. The van der Waals surface area contributed by atoms with Crippen LogP contribution in [0.15, 0.2) is 41.5 Å². The van der Waals surface area contributed by atoms with Crippen LogP contribution in [-0.4, -0.2) is 58.5 Å². The summed E-state index contributed by atoms with van der Waals surface area (Å²) in [5.41, 5.74) is 2.04. The molecule has 0 spiro atoms. The molecule has 2 N–H and O–H groups in total. The average molecular weight is 361 g/mol. The lowest BCUT2D eigenvalue weighted by atomic mass is 10.2. The number of nitrogens with one attached hydrogen (secondary N) is 2. The Labute approximate surface area is 151 Å². The van der Waals surface area contributed by atoms with Crippen molar-refractivity contribution in [3.63, 3.8) is 0 Å². The van der Waals surface area contributed by atoms with Crippen molar-refractivity contribution in [1.82, 2.24) is 25.3 Å². The van der Waals surface area contributed by atoms with Gasteiger partial charge in [0.25, 0.3) is 0 Å². The molecule has 0 aliphatic carbocycles. The largest absolute Gasteiger partial charge is 0.351 e. The fraction of sp³-hybridized carbons (Fsp3) is 0.353. The fourth-order valence-corrected chi connectivity index (χ4v) is 2.88. The standard InChI is InChI=1S/C17H21ClN6O/c1-19-17(20-10-15-6-7-21-22-15)24-9-8-23(16(25)12-24)11-13-2-4-14(18)5-3-13/h2-7H,8-12H2,1H3,(H,19,20)(H,21,22). The second-order valence-corrected chi connectivity index (χ2v) is 6.28. The van der Waals surface area contributed by atoms with E-state index in [1.807, 2.05) is 40.1 Å². The number of halogens is 1. The highest BCUT2D eigenvalue weighted by atomic mass is 35.5. The van der Waals surface area contributed by atoms with Gasteiger partial charge in [-0.3, -0.25) is 14.9 Å². The van der Waals surface area contributed by atoms with E-state index in [0.717, 1.165) is 17.8 Å². The lowest BCUT2D eigenvalue weighted by Gasteiger charge is -2.36. The number of carbonyl (C=O) groups excluding carboxylic acids is 1. The number of aromatic amines is 1. The highest BCUT2D eigenvalue weighted by Crippen LogP contribution is 2.13. The van der Waals surface area contributed by atoms with Gasteiger partial charge in [0.15, 0.2) is 5.96 Å². The molecule has 0 saturated carbocycles. The molecule has 1 aliphatic rings. The normalized spacial score (nSPS) is 15.6. The van der Waals surface area contributed by atoms with E-state index in [9.17, 15) is 4.79 Å². The molecule has 132 valence electrons. The first kappa shape index (κ1) is 17.3. The third-order valence-corrected chi connectivity index (χ3v) is 4.36. The van der Waals surface area contributed by atoms with Crippen molar-refractivity contribution in [2.75, 3.05) is 26.7 Å². The van der Waals surface area contributed by atoms with Gasteiger partial charge >= 0.3 is 0 Å². The molecule has 2 aromatic rings. The van der Waals surface area contributed by atoms with Crippen molar-refractivity contribution in [3.05, 3.63) is 52.8 Å². The molecule has 8 heteroatoms. The van der Waals surface area contributed by atoms with Crippen molar-refractivity contribution in [2.45, 2.75) is 13.1 Å². The number of piperazine rings is 1. The summed E-state index contributed by atoms with van der Waals surface area (Å²) in [6, 6.07) is 9.49. The molecule has 1 aromatic carbocycles. The van der Waals surface area contributed by atoms with Gasteiger partial charge in [0.1, 0.15) is 0 Å². The lowest BCUT2D eigenvalue weighted by molar-refractivity contribution is -0.135. The summed E-state index contributed by atoms with van der Waals surface area (Å²) >= 11 is 5.91. The number of carbonyl (C=O) groups is 1. The number of guanidine groups is 1. The zero-order valence-electron chi connectivity index (χ0n) is 14.1. The number of hydrogen-bond donors (Lipinski definition) is 2. The third-order valence-electron chi connectivity index (χ3n) is 4.11. The summed E-state index contributed by atoms with van der Waals surface area (Å²) in [4.78, 5) is 20.6. The topological polar surface area (TPSA) is 76.6 Å². The second-order valence-electron chi connectivity index (χ2n) is 5.85. The molecule has 1 aromatic heterocycles. The summed E-state index contributed by atoms with van der Waals surface area (Å²) in [6.07, 6.45) is 1.71. The molecule has 1 amide bonds. The molecule has 1 saturated heterocycles. The number of hydrogen-bond acceptors (Lipinski definition) is 3. The molecule has 1 fully saturated rings. The van der Waals surface area contributed by atoms with Gasteiger partial charge in [0.2, 0.25) is 5.91 Å². The number of aromatic nitrogens is 2. The molecule has 0 unspecified atom stereocenters. The van der Waals surface area contributed by atoms with Crippen LogP contribution in [0.2, 0.25) is 5.02 Å². The van der Waals surface area contributed by atoms with Crippen molar-refractivity contribution in [1.29, 1.82) is 0 Å². The summed E-state index contributed by atoms with van der Waals surface area (Å²) in [5.74, 6) is 0.805. The van der Waals surface area contributed by atoms with E-state index in [1.54, 1.807) is 13.2 Å². The van der Waals surface area contributed by atoms with Gasteiger partial charge in [0, 0.05) is 37.9 Å². The van der Waals surface area contributed by atoms with E-state index >= 15 is 0 Å². The van der Waals surface area contributed by atoms with Gasteiger partial charge in [-0.15, -0.1) is 0 Å². The maximum absolute atomic E-state index is 12.5. The SMILES string of the molecule is CN=C(NCc1ccn[nH]1)N1CCN(Cc2ccc(Cl)cc2)C(=O)C1. The van der Waals surface area contributed by atoms with E-state index in [4.69, 9.17) is 11.6 Å². The van der Waals surface area contributed by atoms with Crippen molar-refractivity contribution in [3.8, 4) is 0 Å². The first-order chi connectivity index (χ1) is 12.2. The lowest BCUT2D eigenvalue weighted by Crippen LogP contribution is -2.54. The summed E-state index contributed by atoms with van der Waals surface area (Å²) in [6.45, 7) is 2.90. The van der Waals surface area contributed by atoms with Crippen LogP contribution >= 0.6 is 11.6 Å². The predicted octanol–water partition coefficient (Wildman–Crippen LogP) is 1.48. The van der Waals surface area contributed by atoms with E-state index in [2.05, 4.69) is 20.5 Å². The fourth-order valence-electron chi connectivity index (χ4n) is 2.76. The zero-order chi connectivity index (χ0) is 17.6. The number of amides is 1. The number of rotatable bonds is 4. The van der Waals surface area contributed by atoms with Crippen LogP contribution < -0.4 is 5.32 Å². The second kappa shape index (κ2) is 8.02. The molecule has 0 bridgehead atoms. The Bertz CT molecular complexity index is 728. The first-order valence-electron chi connectivity index (χ1n) is 8.12. The zero-order valence-corrected chi connectivity index (χ0v) is 14.8. The number of H-pyrrole nitrogens is 1. The van der Waals surface area contributed by atoms with Crippen molar-refractivity contribution in [2.24, 2.45) is 4.99 Å². The number of nitrogens with zero attached hydrogens (tertiary/aromatic N) is 4. The minimum atomic E-state index is 0.0886. The Morgan fingerprint density at radius 2 is 2.12 bits per heavy atom. The summed E-state index contributed by atoms with van der Waals surface area (Å²) in [5, 5.41) is 10.8. The molecule has 2 heterocycles. The maximum atomic E-state index is 12.5. The molecule has 0 atom stereocenters. The monoisotopic (exact) mass is 360 g/mol. The smallest absolute Gasteiger partial charge is 0.242 e. The van der Waals surface area contributed by atoms with E-state index < -0.39 is 0 Å². The highest BCUT2D eigenvalue weighted by molar-refractivity contribution is 6.30. The molecular formula is C17H21ClN6O. The Morgan fingerprint density at radius 1 is 1.32 bits per heavy atom. The van der Waals surface area contributed by atoms with E-state index in [1.165, 1.54) is 0 Å². The third kappa shape index (κ3) is 4.51. The van der Waals surface area contributed by atoms with Crippen molar-refractivity contribution < 1.29 is 4.79 Å². The van der Waals surface area contributed by atoms with Crippen LogP contribution in [0.25, 0.3) is 0 Å². The molecule has 0 radical (unpaired) electrons. The summed E-state index contributed by atoms with van der Waals surface area (Å²) < 4.78 is 0. The molecule has 7 nitrogen and oxygen atoms in total. The van der Waals surface area contributed by atoms with E-state index in [0.29, 0.717) is 37.2 Å². The van der Waals surface area contributed by atoms with Gasteiger partial charge in [-0.25, -0.2) is 0 Å². The maximum Gasteiger partial charge on any atom is 0.242 e. The Morgan fingerprint density at radius 3 is 2.76 bits per heavy atom. The van der Waals surface area contributed by atoms with Gasteiger partial charge < -0.3 is 15.1 Å². The summed E-state index contributed by atoms with van der Waals surface area (Å²) in [7, 11) is 1.72. The highest BCUT2D eigenvalue weighted by Gasteiger charge is 2.25. The number of aliphatic imine (C=N–C) groups is 1. The van der Waals surface area contributed by atoms with Crippen LogP contribution in [0.5, 0.6) is 0 Å². The molecule has 3 rings (SSSR count). The Kier molecular flexibility index (Phi) is 5.55. The van der Waals surface area contributed by atoms with Crippen LogP contribution in [-0.2, 0) is 17.9 Å². The van der Waals surface area contributed by atoms with Crippen LogP contribution in [0.1, 0.15) is 11.3 Å². The Hall–Kier alpha value is -2.54. The van der Waals surface area contributed by atoms with Gasteiger partial charge in [0.05, 0.1) is 18.8 Å². The predicted molar refractivity (Wildman–Crippen MR) is 97.2 cm³/mol. The minimum absolute atomic E-state index is 0.0886. The molecule has 1 aliphatic heterocycles. The van der Waals surface area contributed by atoms with Gasteiger partial charge in [-0.2, -0.15) is 5.10 Å². The van der Waals surface area contributed by atoms with Crippen LogP contribution in [0, 0.1) is 0 Å². The van der Waals surface area contributed by atoms with Gasteiger partial charge in [-0.05, 0) is 23.8 Å². The van der Waals surface area contributed by atoms with Crippen molar-refractivity contribution >= 4 is 23.5 Å². The van der Waals surface area contributed by atoms with E-state index in [-0.39, 0.29) is 5.91 Å². The number of benzene rings is 1. The Balaban J connectivity index is 1.54. The first-order valence-corrected chi connectivity index (χ1v) is 8.49.